The van der Waals surface area contributed by atoms with E-state index in [0.29, 0.717) is 13.1 Å². The number of hydrogen-bond donors (Lipinski definition) is 2. The Morgan fingerprint density at radius 1 is 1.54 bits per heavy atom. The molecule has 0 aliphatic heterocycles. The fourth-order valence-electron chi connectivity index (χ4n) is 0.919. The summed E-state index contributed by atoms with van der Waals surface area (Å²) in [6, 6.07) is 1.84. The first-order valence-corrected chi connectivity index (χ1v) is 4.26. The minimum atomic E-state index is -0.674. The maximum Gasteiger partial charge on any atom is 0.115 e. The Bertz CT molecular complexity index is 243. The average molecular weight is 181 g/mol. The minimum Gasteiger partial charge on any atom is -0.389 e. The SMILES string of the molecule is CC(C)(O)CNCc1ccncn1. The lowest BCUT2D eigenvalue weighted by molar-refractivity contribution is 0.0794. The van der Waals surface area contributed by atoms with E-state index in [1.165, 1.54) is 6.33 Å². The maximum absolute atomic E-state index is 9.40. The zero-order valence-electron chi connectivity index (χ0n) is 7.99. The Labute approximate surface area is 78.0 Å². The van der Waals surface area contributed by atoms with Crippen LogP contribution in [0.2, 0.25) is 0 Å². The van der Waals surface area contributed by atoms with Gasteiger partial charge in [0.15, 0.2) is 0 Å². The lowest BCUT2D eigenvalue weighted by atomic mass is 10.1. The van der Waals surface area contributed by atoms with Crippen molar-refractivity contribution in [1.29, 1.82) is 0 Å². The van der Waals surface area contributed by atoms with Crippen LogP contribution in [-0.2, 0) is 6.54 Å². The largest absolute Gasteiger partial charge is 0.389 e. The van der Waals surface area contributed by atoms with E-state index in [0.717, 1.165) is 5.69 Å². The summed E-state index contributed by atoms with van der Waals surface area (Å²) in [7, 11) is 0. The van der Waals surface area contributed by atoms with Crippen LogP contribution in [0.4, 0.5) is 0 Å². The van der Waals surface area contributed by atoms with Crippen LogP contribution in [0.15, 0.2) is 18.6 Å². The Morgan fingerprint density at radius 3 is 2.85 bits per heavy atom. The monoisotopic (exact) mass is 181 g/mol. The number of aliphatic hydroxyl groups is 1. The third-order valence-corrected chi connectivity index (χ3v) is 1.51. The van der Waals surface area contributed by atoms with Gasteiger partial charge in [-0.05, 0) is 19.9 Å². The van der Waals surface area contributed by atoms with Gasteiger partial charge in [-0.25, -0.2) is 9.97 Å². The van der Waals surface area contributed by atoms with Gasteiger partial charge in [0.25, 0.3) is 0 Å². The van der Waals surface area contributed by atoms with Gasteiger partial charge in [0.2, 0.25) is 0 Å². The van der Waals surface area contributed by atoms with Crippen molar-refractivity contribution >= 4 is 0 Å². The smallest absolute Gasteiger partial charge is 0.115 e. The minimum absolute atomic E-state index is 0.553. The second-order valence-corrected chi connectivity index (χ2v) is 3.62. The van der Waals surface area contributed by atoms with E-state index in [-0.39, 0.29) is 0 Å². The Hall–Kier alpha value is -1.00. The fraction of sp³-hybridized carbons (Fsp3) is 0.556. The van der Waals surface area contributed by atoms with Crippen LogP contribution in [0, 0.1) is 0 Å². The van der Waals surface area contributed by atoms with Crippen molar-refractivity contribution in [1.82, 2.24) is 15.3 Å². The summed E-state index contributed by atoms with van der Waals surface area (Å²) < 4.78 is 0. The van der Waals surface area contributed by atoms with Crippen LogP contribution < -0.4 is 5.32 Å². The van der Waals surface area contributed by atoms with Crippen molar-refractivity contribution in [2.45, 2.75) is 26.0 Å². The lowest BCUT2D eigenvalue weighted by Crippen LogP contribution is -2.34. The number of aromatic nitrogens is 2. The van der Waals surface area contributed by atoms with Gasteiger partial charge in [-0.15, -0.1) is 0 Å². The second kappa shape index (κ2) is 4.30. The van der Waals surface area contributed by atoms with E-state index in [1.54, 1.807) is 20.0 Å². The highest BCUT2D eigenvalue weighted by Crippen LogP contribution is 1.98. The van der Waals surface area contributed by atoms with Gasteiger partial charge >= 0.3 is 0 Å². The molecule has 72 valence electrons. The molecule has 1 aromatic rings. The molecule has 1 heterocycles. The standard InChI is InChI=1S/C9H15N3O/c1-9(2,13)6-11-5-8-3-4-10-7-12-8/h3-4,7,11,13H,5-6H2,1-2H3. The van der Waals surface area contributed by atoms with Gasteiger partial charge in [0.1, 0.15) is 6.33 Å². The summed E-state index contributed by atoms with van der Waals surface area (Å²) in [6.07, 6.45) is 3.22. The van der Waals surface area contributed by atoms with E-state index in [2.05, 4.69) is 15.3 Å². The van der Waals surface area contributed by atoms with Crippen molar-refractivity contribution in [2.75, 3.05) is 6.54 Å². The van der Waals surface area contributed by atoms with Gasteiger partial charge in [-0.3, -0.25) is 0 Å². The van der Waals surface area contributed by atoms with Crippen LogP contribution in [0.3, 0.4) is 0 Å². The zero-order valence-corrected chi connectivity index (χ0v) is 7.99. The molecule has 2 N–H and O–H groups in total. The van der Waals surface area contributed by atoms with Crippen LogP contribution in [0.5, 0.6) is 0 Å². The highest BCUT2D eigenvalue weighted by Gasteiger charge is 2.10. The third-order valence-electron chi connectivity index (χ3n) is 1.51. The second-order valence-electron chi connectivity index (χ2n) is 3.62. The molecule has 0 bridgehead atoms. The Kier molecular flexibility index (Phi) is 3.33. The molecule has 13 heavy (non-hydrogen) atoms. The molecule has 0 radical (unpaired) electrons. The van der Waals surface area contributed by atoms with E-state index < -0.39 is 5.60 Å². The van der Waals surface area contributed by atoms with Crippen LogP contribution in [0.1, 0.15) is 19.5 Å². The van der Waals surface area contributed by atoms with Crippen molar-refractivity contribution in [3.8, 4) is 0 Å². The van der Waals surface area contributed by atoms with Crippen molar-refractivity contribution < 1.29 is 5.11 Å². The number of rotatable bonds is 4. The van der Waals surface area contributed by atoms with Gasteiger partial charge in [-0.2, -0.15) is 0 Å². The molecule has 0 fully saturated rings. The average Bonchev–Trinajstić information content (AvgIpc) is 2.04. The molecule has 0 saturated carbocycles. The molecular formula is C9H15N3O. The Balaban J connectivity index is 2.29. The molecule has 0 atom stereocenters. The van der Waals surface area contributed by atoms with E-state index in [4.69, 9.17) is 0 Å². The molecule has 4 nitrogen and oxygen atoms in total. The van der Waals surface area contributed by atoms with Crippen LogP contribution >= 0.6 is 0 Å². The van der Waals surface area contributed by atoms with E-state index in [1.807, 2.05) is 6.07 Å². The molecule has 0 spiro atoms. The first-order chi connectivity index (χ1) is 6.08. The topological polar surface area (TPSA) is 58.0 Å². The van der Waals surface area contributed by atoms with Crippen molar-refractivity contribution in [2.24, 2.45) is 0 Å². The lowest BCUT2D eigenvalue weighted by Gasteiger charge is -2.17. The highest BCUT2D eigenvalue weighted by atomic mass is 16.3. The molecule has 0 aliphatic carbocycles. The molecule has 0 aromatic carbocycles. The Morgan fingerprint density at radius 2 is 2.31 bits per heavy atom. The summed E-state index contributed by atoms with van der Waals surface area (Å²) in [5.41, 5.74) is 0.256. The summed E-state index contributed by atoms with van der Waals surface area (Å²) in [6.45, 7) is 4.74. The first kappa shape index (κ1) is 10.1. The van der Waals surface area contributed by atoms with Crippen LogP contribution in [-0.4, -0.2) is 27.2 Å². The molecule has 0 amide bonds. The normalized spacial score (nSPS) is 11.6. The zero-order chi connectivity index (χ0) is 9.73. The molecular weight excluding hydrogens is 166 g/mol. The van der Waals surface area contributed by atoms with Gasteiger partial charge in [0, 0.05) is 19.3 Å². The van der Waals surface area contributed by atoms with E-state index in [9.17, 15) is 5.11 Å². The summed E-state index contributed by atoms with van der Waals surface area (Å²) >= 11 is 0. The molecule has 0 aliphatic rings. The number of nitrogens with zero attached hydrogens (tertiary/aromatic N) is 2. The van der Waals surface area contributed by atoms with Crippen molar-refractivity contribution in [3.05, 3.63) is 24.3 Å². The van der Waals surface area contributed by atoms with Gasteiger partial charge in [0.05, 0.1) is 11.3 Å². The van der Waals surface area contributed by atoms with Crippen molar-refractivity contribution in [3.63, 3.8) is 0 Å². The fourth-order valence-corrected chi connectivity index (χ4v) is 0.919. The quantitative estimate of drug-likeness (QED) is 0.703. The van der Waals surface area contributed by atoms with Gasteiger partial charge < -0.3 is 10.4 Å². The maximum atomic E-state index is 9.40. The molecule has 0 saturated heterocycles. The molecule has 0 unspecified atom stereocenters. The summed E-state index contributed by atoms with van der Waals surface area (Å²) in [5.74, 6) is 0. The molecule has 4 heteroatoms. The highest BCUT2D eigenvalue weighted by molar-refractivity contribution is 4.97. The summed E-state index contributed by atoms with van der Waals surface area (Å²) in [4.78, 5) is 7.86. The van der Waals surface area contributed by atoms with Crippen LogP contribution in [0.25, 0.3) is 0 Å². The summed E-state index contributed by atoms with van der Waals surface area (Å²) in [5, 5.41) is 12.5. The molecule has 1 rings (SSSR count). The number of hydrogen-bond acceptors (Lipinski definition) is 4. The first-order valence-electron chi connectivity index (χ1n) is 4.26. The molecule has 1 aromatic heterocycles. The van der Waals surface area contributed by atoms with E-state index >= 15 is 0 Å². The third kappa shape index (κ3) is 4.55. The van der Waals surface area contributed by atoms with Gasteiger partial charge in [-0.1, -0.05) is 0 Å². The predicted molar refractivity (Wildman–Crippen MR) is 50.0 cm³/mol. The number of nitrogens with one attached hydrogen (secondary N) is 1. The predicted octanol–water partition coefficient (Wildman–Crippen LogP) is 0.337.